The number of aromatic nitrogens is 3. The Morgan fingerprint density at radius 3 is 2.68 bits per heavy atom. The molecule has 1 N–H and O–H groups in total. The summed E-state index contributed by atoms with van der Waals surface area (Å²) < 4.78 is 0. The number of piperazine rings is 1. The monoisotopic (exact) mass is 360 g/mol. The summed E-state index contributed by atoms with van der Waals surface area (Å²) in [6.45, 7) is 7.78. The van der Waals surface area contributed by atoms with Crippen LogP contribution in [0.4, 0.5) is 10.6 Å². The summed E-state index contributed by atoms with van der Waals surface area (Å²) >= 11 is 1.75. The van der Waals surface area contributed by atoms with Gasteiger partial charge in [0.15, 0.2) is 0 Å². The molecule has 0 spiro atoms. The first-order valence-electron chi connectivity index (χ1n) is 8.60. The number of anilines is 1. The van der Waals surface area contributed by atoms with E-state index >= 15 is 0 Å². The zero-order chi connectivity index (χ0) is 17.6. The van der Waals surface area contributed by atoms with Gasteiger partial charge in [-0.2, -0.15) is 0 Å². The number of carbonyl (C=O) groups is 1. The summed E-state index contributed by atoms with van der Waals surface area (Å²) in [7, 11) is 0. The second kappa shape index (κ2) is 8.24. The topological polar surface area (TPSA) is 74.2 Å². The van der Waals surface area contributed by atoms with Gasteiger partial charge in [0.05, 0.1) is 16.9 Å². The number of hydrogen-bond acceptors (Lipinski definition) is 6. The molecule has 2 aromatic heterocycles. The molecule has 0 bridgehead atoms. The molecule has 0 saturated carbocycles. The van der Waals surface area contributed by atoms with E-state index in [1.54, 1.807) is 29.9 Å². The Kier molecular flexibility index (Phi) is 5.80. The van der Waals surface area contributed by atoms with Crippen molar-refractivity contribution in [2.24, 2.45) is 0 Å². The first kappa shape index (κ1) is 17.6. The van der Waals surface area contributed by atoms with Crippen molar-refractivity contribution in [1.82, 2.24) is 25.2 Å². The lowest BCUT2D eigenvalue weighted by molar-refractivity contribution is 0.194. The summed E-state index contributed by atoms with van der Waals surface area (Å²) in [5.74, 6) is 0.872. The fourth-order valence-electron chi connectivity index (χ4n) is 2.79. The van der Waals surface area contributed by atoms with Crippen LogP contribution in [0.15, 0.2) is 18.6 Å². The van der Waals surface area contributed by atoms with Crippen LogP contribution < -0.4 is 10.2 Å². The summed E-state index contributed by atoms with van der Waals surface area (Å²) in [5.41, 5.74) is 1.12. The van der Waals surface area contributed by atoms with E-state index in [0.717, 1.165) is 42.5 Å². The van der Waals surface area contributed by atoms with Crippen molar-refractivity contribution >= 4 is 23.2 Å². The van der Waals surface area contributed by atoms with Crippen LogP contribution in [0.3, 0.4) is 0 Å². The summed E-state index contributed by atoms with van der Waals surface area (Å²) in [4.78, 5) is 30.5. The molecule has 7 nitrogen and oxygen atoms in total. The molecule has 3 heterocycles. The van der Waals surface area contributed by atoms with E-state index in [1.807, 2.05) is 11.8 Å². The van der Waals surface area contributed by atoms with Crippen molar-refractivity contribution in [3.05, 3.63) is 34.2 Å². The van der Waals surface area contributed by atoms with Crippen LogP contribution in [0.2, 0.25) is 0 Å². The van der Waals surface area contributed by atoms with E-state index in [-0.39, 0.29) is 6.03 Å². The molecule has 2 aromatic rings. The number of amides is 2. The van der Waals surface area contributed by atoms with Gasteiger partial charge in [0, 0.05) is 56.4 Å². The molecule has 0 atom stereocenters. The molecule has 2 amide bonds. The lowest BCUT2D eigenvalue weighted by Gasteiger charge is -2.35. The van der Waals surface area contributed by atoms with E-state index < -0.39 is 0 Å². The molecule has 134 valence electrons. The van der Waals surface area contributed by atoms with Crippen LogP contribution >= 0.6 is 11.3 Å². The molecule has 1 aliphatic heterocycles. The summed E-state index contributed by atoms with van der Waals surface area (Å²) in [6.07, 6.45) is 6.96. The second-order valence-electron chi connectivity index (χ2n) is 6.12. The Morgan fingerprint density at radius 1 is 1.24 bits per heavy atom. The van der Waals surface area contributed by atoms with Gasteiger partial charge in [-0.25, -0.2) is 14.8 Å². The average molecular weight is 360 g/mol. The Hall–Kier alpha value is -2.22. The van der Waals surface area contributed by atoms with E-state index in [1.165, 1.54) is 4.88 Å². The van der Waals surface area contributed by atoms with Crippen LogP contribution in [0, 0.1) is 13.8 Å². The molecule has 8 heteroatoms. The van der Waals surface area contributed by atoms with Gasteiger partial charge in [0.1, 0.15) is 5.82 Å². The molecule has 0 aliphatic carbocycles. The molecule has 3 rings (SSSR count). The number of rotatable bonds is 5. The fraction of sp³-hybridized carbons (Fsp3) is 0.529. The first-order chi connectivity index (χ1) is 12.1. The van der Waals surface area contributed by atoms with Gasteiger partial charge >= 0.3 is 6.03 Å². The van der Waals surface area contributed by atoms with Crippen molar-refractivity contribution in [3.8, 4) is 0 Å². The lowest BCUT2D eigenvalue weighted by atomic mass is 10.3. The largest absolute Gasteiger partial charge is 0.352 e. The van der Waals surface area contributed by atoms with Crippen molar-refractivity contribution in [3.63, 3.8) is 0 Å². The predicted molar refractivity (Wildman–Crippen MR) is 99.1 cm³/mol. The van der Waals surface area contributed by atoms with Crippen LogP contribution in [0.25, 0.3) is 0 Å². The molecule has 0 unspecified atom stereocenters. The third-order valence-corrected chi connectivity index (χ3v) is 5.49. The predicted octanol–water partition coefficient (Wildman–Crippen LogP) is 2.01. The van der Waals surface area contributed by atoms with E-state index in [0.29, 0.717) is 19.6 Å². The third-order valence-electron chi connectivity index (χ3n) is 4.36. The van der Waals surface area contributed by atoms with Crippen LogP contribution in [-0.2, 0) is 6.42 Å². The number of aryl methyl sites for hydroxylation is 3. The number of thiazole rings is 1. The smallest absolute Gasteiger partial charge is 0.317 e. The Morgan fingerprint density at radius 2 is 2.04 bits per heavy atom. The van der Waals surface area contributed by atoms with Gasteiger partial charge in [0.2, 0.25) is 0 Å². The lowest BCUT2D eigenvalue weighted by Crippen LogP contribution is -2.52. The SMILES string of the molecule is Cc1nc(CCCNC(=O)N2CCN(c3cnccn3)CC2)sc1C. The van der Waals surface area contributed by atoms with E-state index in [4.69, 9.17) is 0 Å². The minimum absolute atomic E-state index is 0.0188. The third kappa shape index (κ3) is 4.66. The highest BCUT2D eigenvalue weighted by atomic mass is 32.1. The maximum Gasteiger partial charge on any atom is 0.317 e. The summed E-state index contributed by atoms with van der Waals surface area (Å²) in [6, 6.07) is 0.0188. The maximum atomic E-state index is 12.3. The maximum absolute atomic E-state index is 12.3. The zero-order valence-electron chi connectivity index (χ0n) is 14.7. The standard InChI is InChI=1S/C17H24N6OS/c1-13-14(2)25-16(21-13)4-3-5-20-17(24)23-10-8-22(9-11-23)15-12-18-6-7-19-15/h6-7,12H,3-5,8-11H2,1-2H3,(H,20,24). The highest BCUT2D eigenvalue weighted by molar-refractivity contribution is 7.11. The Bertz CT molecular complexity index is 677. The van der Waals surface area contributed by atoms with Crippen molar-refractivity contribution in [2.45, 2.75) is 26.7 Å². The zero-order valence-corrected chi connectivity index (χ0v) is 15.6. The number of hydrogen-bond donors (Lipinski definition) is 1. The molecule has 1 aliphatic rings. The van der Waals surface area contributed by atoms with Crippen LogP contribution in [0.5, 0.6) is 0 Å². The van der Waals surface area contributed by atoms with Gasteiger partial charge < -0.3 is 15.1 Å². The molecule has 25 heavy (non-hydrogen) atoms. The highest BCUT2D eigenvalue weighted by Gasteiger charge is 2.21. The number of urea groups is 1. The molecular formula is C17H24N6OS. The number of nitrogens with one attached hydrogen (secondary N) is 1. The summed E-state index contributed by atoms with van der Waals surface area (Å²) in [5, 5.41) is 4.17. The molecular weight excluding hydrogens is 336 g/mol. The highest BCUT2D eigenvalue weighted by Crippen LogP contribution is 2.17. The molecule has 0 aromatic carbocycles. The minimum atomic E-state index is 0.0188. The number of nitrogens with zero attached hydrogens (tertiary/aromatic N) is 5. The van der Waals surface area contributed by atoms with Gasteiger partial charge in [-0.05, 0) is 20.3 Å². The average Bonchev–Trinajstić information content (AvgIpc) is 2.97. The molecule has 1 saturated heterocycles. The second-order valence-corrected chi connectivity index (χ2v) is 7.41. The normalized spacial score (nSPS) is 14.6. The van der Waals surface area contributed by atoms with Gasteiger partial charge in [-0.15, -0.1) is 11.3 Å². The quantitative estimate of drug-likeness (QED) is 0.826. The van der Waals surface area contributed by atoms with Gasteiger partial charge in [-0.3, -0.25) is 4.98 Å². The van der Waals surface area contributed by atoms with Crippen molar-refractivity contribution < 1.29 is 4.79 Å². The minimum Gasteiger partial charge on any atom is -0.352 e. The van der Waals surface area contributed by atoms with Crippen molar-refractivity contribution in [1.29, 1.82) is 0 Å². The Balaban J connectivity index is 1.36. The molecule has 1 fully saturated rings. The van der Waals surface area contributed by atoms with Gasteiger partial charge in [0.25, 0.3) is 0 Å². The Labute approximate surface area is 152 Å². The van der Waals surface area contributed by atoms with Crippen LogP contribution in [0.1, 0.15) is 22.0 Å². The van der Waals surface area contributed by atoms with E-state index in [9.17, 15) is 4.79 Å². The van der Waals surface area contributed by atoms with Crippen molar-refractivity contribution in [2.75, 3.05) is 37.6 Å². The molecule has 0 radical (unpaired) electrons. The fourth-order valence-corrected chi connectivity index (χ4v) is 3.76. The van der Waals surface area contributed by atoms with Gasteiger partial charge in [-0.1, -0.05) is 0 Å². The van der Waals surface area contributed by atoms with Crippen LogP contribution in [-0.4, -0.2) is 58.6 Å². The van der Waals surface area contributed by atoms with E-state index in [2.05, 4.69) is 32.1 Å². The number of carbonyl (C=O) groups excluding carboxylic acids is 1. The first-order valence-corrected chi connectivity index (χ1v) is 9.42.